The second kappa shape index (κ2) is 2.20. The highest BCUT2D eigenvalue weighted by Crippen LogP contribution is 2.12. The highest BCUT2D eigenvalue weighted by Gasteiger charge is 2.34. The average molecular weight is 158 g/mol. The molecule has 0 spiro atoms. The molecule has 1 amide bonds. The molecule has 0 aromatic rings. The van der Waals surface area contributed by atoms with E-state index < -0.39 is 0 Å². The quantitative estimate of drug-likeness (QED) is 0.466. The van der Waals surface area contributed by atoms with Crippen LogP contribution in [-0.2, 0) is 4.79 Å². The Morgan fingerprint density at radius 1 is 1.50 bits per heavy atom. The fourth-order valence-electron chi connectivity index (χ4n) is 0.942. The van der Waals surface area contributed by atoms with Crippen molar-refractivity contribution in [1.82, 2.24) is 9.80 Å². The Hall–Kier alpha value is -0.640. The van der Waals surface area contributed by atoms with Gasteiger partial charge in [0.05, 0.1) is 0 Å². The number of thiocarbonyl (C=S) groups is 1. The second-order valence-corrected chi connectivity index (χ2v) is 2.83. The van der Waals surface area contributed by atoms with Gasteiger partial charge in [0, 0.05) is 14.1 Å². The summed E-state index contributed by atoms with van der Waals surface area (Å²) in [4.78, 5) is 14.4. The lowest BCUT2D eigenvalue weighted by molar-refractivity contribution is -0.126. The first-order valence-corrected chi connectivity index (χ1v) is 3.51. The molecule has 1 aliphatic rings. The number of likely N-dealkylation sites (N-methyl/N-ethyl adjacent to an activating group) is 2. The lowest BCUT2D eigenvalue weighted by Crippen LogP contribution is -2.28. The minimum atomic E-state index is -0.0856. The Kier molecular flexibility index (Phi) is 1.64. The summed E-state index contributed by atoms with van der Waals surface area (Å²) in [5, 5.41) is 0.609. The number of hydrogen-bond donors (Lipinski definition) is 0. The van der Waals surface area contributed by atoms with Crippen LogP contribution < -0.4 is 0 Å². The molecule has 0 bridgehead atoms. The van der Waals surface area contributed by atoms with Gasteiger partial charge in [0.15, 0.2) is 5.11 Å². The fourth-order valence-corrected chi connectivity index (χ4v) is 1.19. The Balaban J connectivity index is 2.89. The molecule has 10 heavy (non-hydrogen) atoms. The Bertz CT molecular complexity index is 172. The molecule has 0 radical (unpaired) electrons. The van der Waals surface area contributed by atoms with Crippen molar-refractivity contribution in [2.24, 2.45) is 0 Å². The molecule has 1 fully saturated rings. The van der Waals surface area contributed by atoms with Crippen molar-refractivity contribution in [2.75, 3.05) is 14.1 Å². The van der Waals surface area contributed by atoms with Crippen LogP contribution in [0.2, 0.25) is 0 Å². The maximum Gasteiger partial charge on any atom is 0.250 e. The van der Waals surface area contributed by atoms with Gasteiger partial charge in [-0.3, -0.25) is 9.69 Å². The topological polar surface area (TPSA) is 23.6 Å². The number of carbonyl (C=O) groups is 1. The molecule has 0 saturated carbocycles. The highest BCUT2D eigenvalue weighted by atomic mass is 32.1. The zero-order valence-corrected chi connectivity index (χ0v) is 7.10. The molecule has 0 aromatic carbocycles. The van der Waals surface area contributed by atoms with Crippen molar-refractivity contribution in [3.05, 3.63) is 0 Å². The SMILES string of the molecule is CC1C(=O)N(C)C(=S)N1C. The van der Waals surface area contributed by atoms with Gasteiger partial charge in [-0.1, -0.05) is 0 Å². The summed E-state index contributed by atoms with van der Waals surface area (Å²) in [6, 6.07) is -0.0856. The molecule has 0 aromatic heterocycles. The van der Waals surface area contributed by atoms with Crippen LogP contribution in [0.5, 0.6) is 0 Å². The van der Waals surface area contributed by atoms with Crippen molar-refractivity contribution < 1.29 is 4.79 Å². The van der Waals surface area contributed by atoms with Crippen molar-refractivity contribution in [1.29, 1.82) is 0 Å². The summed E-state index contributed by atoms with van der Waals surface area (Å²) in [7, 11) is 3.53. The summed E-state index contributed by atoms with van der Waals surface area (Å²) >= 11 is 4.95. The first-order valence-electron chi connectivity index (χ1n) is 3.10. The third-order valence-corrected chi connectivity index (χ3v) is 2.42. The van der Waals surface area contributed by atoms with E-state index in [1.54, 1.807) is 11.9 Å². The van der Waals surface area contributed by atoms with Crippen LogP contribution in [0.1, 0.15) is 6.92 Å². The summed E-state index contributed by atoms with van der Waals surface area (Å²) in [5.41, 5.74) is 0. The zero-order chi connectivity index (χ0) is 7.89. The molecular formula is C6H10N2OS. The van der Waals surface area contributed by atoms with Crippen molar-refractivity contribution in [3.63, 3.8) is 0 Å². The van der Waals surface area contributed by atoms with E-state index in [2.05, 4.69) is 0 Å². The van der Waals surface area contributed by atoms with Gasteiger partial charge >= 0.3 is 0 Å². The molecule has 1 unspecified atom stereocenters. The van der Waals surface area contributed by atoms with Gasteiger partial charge in [-0.05, 0) is 19.1 Å². The van der Waals surface area contributed by atoms with E-state index in [1.165, 1.54) is 4.90 Å². The van der Waals surface area contributed by atoms with E-state index in [4.69, 9.17) is 12.2 Å². The van der Waals surface area contributed by atoms with E-state index >= 15 is 0 Å². The van der Waals surface area contributed by atoms with Crippen LogP contribution in [0.3, 0.4) is 0 Å². The minimum absolute atomic E-state index is 0.0764. The van der Waals surface area contributed by atoms with Crippen LogP contribution in [-0.4, -0.2) is 41.0 Å². The summed E-state index contributed by atoms with van der Waals surface area (Å²) in [6.07, 6.45) is 0. The van der Waals surface area contributed by atoms with E-state index in [0.29, 0.717) is 5.11 Å². The molecule has 0 N–H and O–H groups in total. The van der Waals surface area contributed by atoms with Crippen molar-refractivity contribution in [2.45, 2.75) is 13.0 Å². The number of hydrogen-bond acceptors (Lipinski definition) is 2. The van der Waals surface area contributed by atoms with Crippen molar-refractivity contribution in [3.8, 4) is 0 Å². The Labute approximate surface area is 65.6 Å². The van der Waals surface area contributed by atoms with Crippen LogP contribution in [0.15, 0.2) is 0 Å². The maximum atomic E-state index is 11.1. The van der Waals surface area contributed by atoms with Crippen LogP contribution in [0.25, 0.3) is 0 Å². The summed E-state index contributed by atoms with van der Waals surface area (Å²) < 4.78 is 0. The molecule has 1 rings (SSSR count). The minimum Gasteiger partial charge on any atom is -0.340 e. The van der Waals surface area contributed by atoms with Crippen LogP contribution in [0.4, 0.5) is 0 Å². The van der Waals surface area contributed by atoms with E-state index in [0.717, 1.165) is 0 Å². The number of nitrogens with zero attached hydrogens (tertiary/aromatic N) is 2. The predicted molar refractivity (Wildman–Crippen MR) is 42.6 cm³/mol. The molecular weight excluding hydrogens is 148 g/mol. The predicted octanol–water partition coefficient (Wildman–Crippen LogP) is 0.0636. The van der Waals surface area contributed by atoms with Crippen molar-refractivity contribution >= 4 is 23.2 Å². The standard InChI is InChI=1S/C6H10N2OS/c1-4-5(9)8(3)6(10)7(4)2/h4H,1-3H3. The van der Waals surface area contributed by atoms with Gasteiger partial charge in [-0.2, -0.15) is 0 Å². The van der Waals surface area contributed by atoms with Gasteiger partial charge in [-0.15, -0.1) is 0 Å². The smallest absolute Gasteiger partial charge is 0.250 e. The van der Waals surface area contributed by atoms with Gasteiger partial charge in [0.1, 0.15) is 6.04 Å². The van der Waals surface area contributed by atoms with Crippen LogP contribution in [0, 0.1) is 0 Å². The largest absolute Gasteiger partial charge is 0.340 e. The number of carbonyl (C=O) groups excluding carboxylic acids is 1. The lowest BCUT2D eigenvalue weighted by Gasteiger charge is -2.13. The molecule has 1 atom stereocenters. The first-order chi connectivity index (χ1) is 4.55. The third-order valence-electron chi connectivity index (χ3n) is 1.86. The average Bonchev–Trinajstić information content (AvgIpc) is 2.07. The maximum absolute atomic E-state index is 11.1. The molecule has 1 heterocycles. The van der Waals surface area contributed by atoms with Gasteiger partial charge in [-0.25, -0.2) is 0 Å². The molecule has 3 nitrogen and oxygen atoms in total. The molecule has 0 aliphatic carbocycles. The first kappa shape index (κ1) is 7.47. The molecule has 1 aliphatic heterocycles. The van der Waals surface area contributed by atoms with Gasteiger partial charge in [0.25, 0.3) is 5.91 Å². The Morgan fingerprint density at radius 2 is 2.00 bits per heavy atom. The molecule has 4 heteroatoms. The van der Waals surface area contributed by atoms with Gasteiger partial charge in [0.2, 0.25) is 0 Å². The number of amides is 1. The second-order valence-electron chi connectivity index (χ2n) is 2.47. The van der Waals surface area contributed by atoms with E-state index in [-0.39, 0.29) is 11.9 Å². The Morgan fingerprint density at radius 3 is 2.10 bits per heavy atom. The summed E-state index contributed by atoms with van der Waals surface area (Å²) in [5.74, 6) is 0.0764. The highest BCUT2D eigenvalue weighted by molar-refractivity contribution is 7.80. The lowest BCUT2D eigenvalue weighted by atomic mass is 10.3. The molecule has 56 valence electrons. The molecule has 1 saturated heterocycles. The van der Waals surface area contributed by atoms with Gasteiger partial charge < -0.3 is 4.90 Å². The normalized spacial score (nSPS) is 26.5. The van der Waals surface area contributed by atoms with E-state index in [1.807, 2.05) is 14.0 Å². The number of rotatable bonds is 0. The van der Waals surface area contributed by atoms with Crippen LogP contribution >= 0.6 is 12.2 Å². The zero-order valence-electron chi connectivity index (χ0n) is 6.29. The fraction of sp³-hybridized carbons (Fsp3) is 0.667. The summed E-state index contributed by atoms with van der Waals surface area (Å²) in [6.45, 7) is 1.85. The monoisotopic (exact) mass is 158 g/mol. The van der Waals surface area contributed by atoms with E-state index in [9.17, 15) is 4.79 Å². The third kappa shape index (κ3) is 0.794.